The monoisotopic (exact) mass is 496 g/mol. The van der Waals surface area contributed by atoms with Crippen LogP contribution in [0.1, 0.15) is 31.1 Å². The fourth-order valence-electron chi connectivity index (χ4n) is 3.69. The maximum atomic E-state index is 12.7. The maximum absolute atomic E-state index is 12.7. The van der Waals surface area contributed by atoms with Crippen molar-refractivity contribution in [3.05, 3.63) is 49.5 Å². The molecule has 0 fully saturated rings. The summed E-state index contributed by atoms with van der Waals surface area (Å²) >= 11 is 0.937. The molecule has 0 saturated carbocycles. The third-order valence-corrected chi connectivity index (χ3v) is 6.80. The number of carbonyl (C=O) groups excluding carboxylic acids is 1. The van der Waals surface area contributed by atoms with Crippen molar-refractivity contribution >= 4 is 51.6 Å². The number of nitrogens with one attached hydrogen (secondary N) is 3. The number of anilines is 1. The molecular formula is C24H28N6O4S. The highest BCUT2D eigenvalue weighted by atomic mass is 32.1. The van der Waals surface area contributed by atoms with Gasteiger partial charge >= 0.3 is 5.97 Å². The lowest BCUT2D eigenvalue weighted by molar-refractivity contribution is -0.130. The van der Waals surface area contributed by atoms with Crippen LogP contribution in [0.2, 0.25) is 0 Å². The Balaban J connectivity index is 1.89. The minimum atomic E-state index is -1.38. The number of fused-ring (bicyclic) bond motifs is 1. The molecule has 3 rings (SSSR count). The molecule has 10 nitrogen and oxygen atoms in total. The van der Waals surface area contributed by atoms with Gasteiger partial charge in [-0.25, -0.2) is 4.79 Å². The summed E-state index contributed by atoms with van der Waals surface area (Å²) in [6, 6.07) is 7.09. The van der Waals surface area contributed by atoms with Gasteiger partial charge < -0.3 is 25.6 Å². The standard InChI is InChI=1S/C24H28N6O4S/c1-4-29(5-2)10-9-26-21(31)18-13-28-19-8-7-15(11-16(18)19)27-14-20-22(32)30(6-3)23(35-20)17(12-25)24(33)34/h7-8,11,13-14,27-28H,4-6,9-10H2,1-3H3,(H,26,31)(H,33,34)/b20-14+,23-17-. The fourth-order valence-corrected chi connectivity index (χ4v) is 4.77. The van der Waals surface area contributed by atoms with Crippen molar-refractivity contribution in [2.45, 2.75) is 27.3 Å². The number of hydrogen-bond donors (Lipinski definition) is 4. The van der Waals surface area contributed by atoms with Crippen molar-refractivity contribution in [2.75, 3.05) is 31.5 Å². The summed E-state index contributed by atoms with van der Waals surface area (Å²) in [6.07, 6.45) is 3.15. The van der Waals surface area contributed by atoms with Gasteiger partial charge in [0.1, 0.15) is 15.3 Å². The number of carboxylic acid groups (broad SMARTS) is 1. The SMILES string of the molecule is CCN(CC)CCNC(=O)c1c[nH]c2ccc(N/C=c3/s/c(=C(/C#N)C(=O)O)n(CC)c3=O)cc12. The molecule has 0 unspecified atom stereocenters. The van der Waals surface area contributed by atoms with Crippen molar-refractivity contribution < 1.29 is 14.7 Å². The van der Waals surface area contributed by atoms with Crippen molar-refractivity contribution in [3.63, 3.8) is 0 Å². The predicted molar refractivity (Wildman–Crippen MR) is 137 cm³/mol. The highest BCUT2D eigenvalue weighted by Gasteiger charge is 2.15. The van der Waals surface area contributed by atoms with E-state index in [9.17, 15) is 24.8 Å². The Bertz CT molecular complexity index is 1460. The van der Waals surface area contributed by atoms with Gasteiger partial charge in [0.05, 0.1) is 5.56 Å². The molecule has 0 aliphatic carbocycles. The Morgan fingerprint density at radius 1 is 1.29 bits per heavy atom. The fraction of sp³-hybridized carbons (Fsp3) is 0.333. The van der Waals surface area contributed by atoms with Gasteiger partial charge in [-0.1, -0.05) is 13.8 Å². The van der Waals surface area contributed by atoms with Gasteiger partial charge in [-0.15, -0.1) is 11.3 Å². The van der Waals surface area contributed by atoms with E-state index < -0.39 is 11.5 Å². The van der Waals surface area contributed by atoms with Crippen LogP contribution in [0.3, 0.4) is 0 Å². The lowest BCUT2D eigenvalue weighted by Gasteiger charge is -2.17. The van der Waals surface area contributed by atoms with Gasteiger partial charge in [0.2, 0.25) is 0 Å². The largest absolute Gasteiger partial charge is 0.477 e. The van der Waals surface area contributed by atoms with Crippen LogP contribution in [-0.4, -0.2) is 57.6 Å². The van der Waals surface area contributed by atoms with Crippen LogP contribution < -0.4 is 25.4 Å². The average molecular weight is 497 g/mol. The van der Waals surface area contributed by atoms with Crippen LogP contribution in [0.5, 0.6) is 0 Å². The zero-order chi connectivity index (χ0) is 25.5. The summed E-state index contributed by atoms with van der Waals surface area (Å²) in [4.78, 5) is 42.2. The van der Waals surface area contributed by atoms with Crippen molar-refractivity contribution in [1.29, 1.82) is 5.26 Å². The Morgan fingerprint density at radius 2 is 2.03 bits per heavy atom. The molecule has 0 aliphatic rings. The summed E-state index contributed by atoms with van der Waals surface area (Å²) in [5.41, 5.74) is 1.11. The minimum absolute atomic E-state index is 0.102. The van der Waals surface area contributed by atoms with Crippen molar-refractivity contribution in [3.8, 4) is 6.07 Å². The Labute approximate surface area is 205 Å². The number of aromatic amines is 1. The average Bonchev–Trinajstić information content (AvgIpc) is 3.41. The zero-order valence-electron chi connectivity index (χ0n) is 19.8. The second-order valence-corrected chi connectivity index (χ2v) is 8.68. The number of amides is 1. The van der Waals surface area contributed by atoms with Crippen molar-refractivity contribution in [1.82, 2.24) is 19.8 Å². The molecule has 2 aromatic heterocycles. The van der Waals surface area contributed by atoms with Gasteiger partial charge in [-0.05, 0) is 38.2 Å². The summed E-state index contributed by atoms with van der Waals surface area (Å²) < 4.78 is 1.63. The first-order valence-electron chi connectivity index (χ1n) is 11.3. The summed E-state index contributed by atoms with van der Waals surface area (Å²) in [6.45, 7) is 9.27. The van der Waals surface area contributed by atoms with E-state index in [0.717, 1.165) is 41.9 Å². The second kappa shape index (κ2) is 11.5. The molecule has 35 heavy (non-hydrogen) atoms. The van der Waals surface area contributed by atoms with Crippen LogP contribution in [0.25, 0.3) is 22.7 Å². The number of nitriles is 1. The van der Waals surface area contributed by atoms with Crippen molar-refractivity contribution in [2.24, 2.45) is 0 Å². The highest BCUT2D eigenvalue weighted by Crippen LogP contribution is 2.22. The lowest BCUT2D eigenvalue weighted by Crippen LogP contribution is -2.34. The molecule has 4 N–H and O–H groups in total. The summed E-state index contributed by atoms with van der Waals surface area (Å²) in [5.74, 6) is -1.55. The first-order valence-corrected chi connectivity index (χ1v) is 12.1. The summed E-state index contributed by atoms with van der Waals surface area (Å²) in [5, 5.41) is 25.2. The van der Waals surface area contributed by atoms with E-state index >= 15 is 0 Å². The van der Waals surface area contributed by atoms with Crippen LogP contribution in [-0.2, 0) is 11.3 Å². The van der Waals surface area contributed by atoms with E-state index in [1.54, 1.807) is 31.3 Å². The third-order valence-electron chi connectivity index (χ3n) is 5.67. The van der Waals surface area contributed by atoms with E-state index in [2.05, 4.69) is 34.4 Å². The quantitative estimate of drug-likeness (QED) is 0.329. The number of aromatic nitrogens is 2. The van der Waals surface area contributed by atoms with Gasteiger partial charge in [0, 0.05) is 48.6 Å². The zero-order valence-corrected chi connectivity index (χ0v) is 20.7. The molecule has 1 aromatic carbocycles. The Morgan fingerprint density at radius 3 is 2.66 bits per heavy atom. The number of carboxylic acids is 1. The molecule has 1 amide bonds. The van der Waals surface area contributed by atoms with Gasteiger partial charge in [0.25, 0.3) is 11.5 Å². The Hall–Kier alpha value is -3.88. The number of hydrogen-bond acceptors (Lipinski definition) is 7. The van der Waals surface area contributed by atoms with Gasteiger partial charge in [0.15, 0.2) is 5.57 Å². The molecule has 0 spiro atoms. The predicted octanol–water partition coefficient (Wildman–Crippen LogP) is 1.09. The molecule has 11 heteroatoms. The van der Waals surface area contributed by atoms with Crippen LogP contribution in [0, 0.1) is 11.3 Å². The topological polar surface area (TPSA) is 143 Å². The van der Waals surface area contributed by atoms with Crippen LogP contribution in [0.4, 0.5) is 5.69 Å². The van der Waals surface area contributed by atoms with Gasteiger partial charge in [-0.3, -0.25) is 14.2 Å². The van der Waals surface area contributed by atoms with E-state index in [4.69, 9.17) is 0 Å². The molecular weight excluding hydrogens is 468 g/mol. The first kappa shape index (κ1) is 25.7. The first-order chi connectivity index (χ1) is 16.8. The molecule has 0 saturated heterocycles. The van der Waals surface area contributed by atoms with Crippen LogP contribution in [0.15, 0.2) is 29.2 Å². The van der Waals surface area contributed by atoms with Crippen LogP contribution >= 0.6 is 11.3 Å². The molecule has 0 atom stereocenters. The molecule has 0 radical (unpaired) electrons. The van der Waals surface area contributed by atoms with E-state index in [0.29, 0.717) is 17.8 Å². The molecule has 184 valence electrons. The normalized spacial score (nSPS) is 12.6. The third kappa shape index (κ3) is 5.62. The summed E-state index contributed by atoms with van der Waals surface area (Å²) in [7, 11) is 0. The minimum Gasteiger partial charge on any atom is -0.477 e. The maximum Gasteiger partial charge on any atom is 0.349 e. The second-order valence-electron chi connectivity index (χ2n) is 7.65. The number of likely N-dealkylation sites (N-methyl/N-ethyl adjacent to an activating group) is 1. The number of carbonyl (C=O) groups is 2. The van der Waals surface area contributed by atoms with E-state index in [1.165, 1.54) is 10.8 Å². The smallest absolute Gasteiger partial charge is 0.349 e. The molecule has 3 aromatic rings. The van der Waals surface area contributed by atoms with E-state index in [1.807, 2.05) is 6.07 Å². The lowest BCUT2D eigenvalue weighted by atomic mass is 10.1. The highest BCUT2D eigenvalue weighted by molar-refractivity contribution is 7.07. The number of nitrogens with zero attached hydrogens (tertiary/aromatic N) is 3. The number of benzene rings is 1. The Kier molecular flexibility index (Phi) is 8.46. The van der Waals surface area contributed by atoms with Gasteiger partial charge in [-0.2, -0.15) is 5.26 Å². The number of rotatable bonds is 10. The number of aliphatic carboxylic acids is 1. The number of H-pyrrole nitrogens is 1. The number of thiazole rings is 1. The molecule has 0 bridgehead atoms. The molecule has 0 aliphatic heterocycles. The van der Waals surface area contributed by atoms with E-state index in [-0.39, 0.29) is 27.2 Å². The molecule has 2 heterocycles.